The molecule has 2 aliphatic rings. The van der Waals surface area contributed by atoms with Crippen LogP contribution in [0.25, 0.3) is 0 Å². The molecule has 0 aromatic carbocycles. The van der Waals surface area contributed by atoms with Crippen LogP contribution >= 0.6 is 0 Å². The summed E-state index contributed by atoms with van der Waals surface area (Å²) in [6.07, 6.45) is 9.87. The zero-order valence-electron chi connectivity index (χ0n) is 4.30. The van der Waals surface area contributed by atoms with Gasteiger partial charge in [-0.3, -0.25) is 0 Å². The Morgan fingerprint density at radius 1 is 1.29 bits per heavy atom. The minimum atomic E-state index is 0.866. The minimum Gasteiger partial charge on any atom is -0.0851 e. The van der Waals surface area contributed by atoms with Gasteiger partial charge in [0.25, 0.3) is 0 Å². The van der Waals surface area contributed by atoms with Gasteiger partial charge in [-0.15, -0.1) is 0 Å². The van der Waals surface area contributed by atoms with Crippen LogP contribution in [-0.2, 0) is 0 Å². The quantitative estimate of drug-likeness (QED) is 0.400. The van der Waals surface area contributed by atoms with E-state index in [1.165, 1.54) is 12.8 Å². The van der Waals surface area contributed by atoms with Crippen LogP contribution in [0.3, 0.4) is 0 Å². The lowest BCUT2D eigenvalue weighted by atomic mass is 10.1. The molecule has 0 N–H and O–H groups in total. The number of hydrogen-bond donors (Lipinski definition) is 0. The predicted octanol–water partition coefficient (Wildman–Crippen LogP) is 1.79. The first-order chi connectivity index (χ1) is 3.45. The van der Waals surface area contributed by atoms with E-state index in [1.807, 2.05) is 0 Å². The summed E-state index contributed by atoms with van der Waals surface area (Å²) in [5, 5.41) is 0. The third kappa shape index (κ3) is 0.425. The van der Waals surface area contributed by atoms with E-state index < -0.39 is 0 Å². The summed E-state index contributed by atoms with van der Waals surface area (Å²) >= 11 is 0. The SMILES string of the molecule is [CH]1C[C@@H]2C=CC1C2. The van der Waals surface area contributed by atoms with Crippen molar-refractivity contribution in [1.29, 1.82) is 0 Å². The van der Waals surface area contributed by atoms with Crippen molar-refractivity contribution >= 4 is 0 Å². The van der Waals surface area contributed by atoms with Gasteiger partial charge in [-0.2, -0.15) is 0 Å². The summed E-state index contributed by atoms with van der Waals surface area (Å²) in [7, 11) is 0. The molecule has 7 heavy (non-hydrogen) atoms. The summed E-state index contributed by atoms with van der Waals surface area (Å²) in [5.41, 5.74) is 0. The predicted molar refractivity (Wildman–Crippen MR) is 29.7 cm³/mol. The average molecular weight is 93.1 g/mol. The molecule has 2 atom stereocenters. The van der Waals surface area contributed by atoms with E-state index >= 15 is 0 Å². The highest BCUT2D eigenvalue weighted by molar-refractivity contribution is 5.13. The van der Waals surface area contributed by atoms with Crippen molar-refractivity contribution in [2.24, 2.45) is 11.8 Å². The maximum absolute atomic E-state index is 2.42. The molecule has 2 rings (SSSR count). The van der Waals surface area contributed by atoms with Crippen LogP contribution < -0.4 is 0 Å². The second-order valence-corrected chi connectivity index (χ2v) is 2.52. The lowest BCUT2D eigenvalue weighted by Gasteiger charge is -1.96. The zero-order valence-corrected chi connectivity index (χ0v) is 4.30. The van der Waals surface area contributed by atoms with Gasteiger partial charge in [-0.1, -0.05) is 12.2 Å². The molecule has 2 aliphatic carbocycles. The summed E-state index contributed by atoms with van der Waals surface area (Å²) in [4.78, 5) is 0. The van der Waals surface area contributed by atoms with Gasteiger partial charge in [-0.05, 0) is 31.1 Å². The van der Waals surface area contributed by atoms with Crippen LogP contribution in [0.1, 0.15) is 12.8 Å². The number of fused-ring (bicyclic) bond motifs is 2. The van der Waals surface area contributed by atoms with E-state index in [0.717, 1.165) is 11.8 Å². The van der Waals surface area contributed by atoms with Crippen molar-refractivity contribution in [3.05, 3.63) is 18.6 Å². The van der Waals surface area contributed by atoms with E-state index in [2.05, 4.69) is 18.6 Å². The number of rotatable bonds is 0. The fraction of sp³-hybridized carbons (Fsp3) is 0.571. The molecule has 1 fully saturated rings. The monoisotopic (exact) mass is 93.1 g/mol. The topological polar surface area (TPSA) is 0 Å². The van der Waals surface area contributed by atoms with Crippen LogP contribution in [0.2, 0.25) is 0 Å². The van der Waals surface area contributed by atoms with Crippen LogP contribution in [0.4, 0.5) is 0 Å². The van der Waals surface area contributed by atoms with E-state index in [4.69, 9.17) is 0 Å². The molecule has 0 aromatic rings. The maximum Gasteiger partial charge on any atom is -0.0196 e. The summed E-state index contributed by atoms with van der Waals surface area (Å²) in [5.74, 6) is 1.80. The van der Waals surface area contributed by atoms with Crippen molar-refractivity contribution in [2.45, 2.75) is 12.8 Å². The van der Waals surface area contributed by atoms with E-state index in [1.54, 1.807) is 0 Å². The molecule has 0 nitrogen and oxygen atoms in total. The molecule has 1 unspecified atom stereocenters. The third-order valence-electron chi connectivity index (χ3n) is 1.95. The highest BCUT2D eigenvalue weighted by Crippen LogP contribution is 2.37. The van der Waals surface area contributed by atoms with Gasteiger partial charge in [0.15, 0.2) is 0 Å². The largest absolute Gasteiger partial charge is 0.0851 e. The Labute approximate surface area is 44.2 Å². The molecular formula is C7H9. The molecule has 1 saturated carbocycles. The minimum absolute atomic E-state index is 0.866. The smallest absolute Gasteiger partial charge is 0.0196 e. The normalized spacial score (nSPS) is 45.7. The second kappa shape index (κ2) is 1.12. The maximum atomic E-state index is 2.42. The van der Waals surface area contributed by atoms with Crippen molar-refractivity contribution < 1.29 is 0 Å². The standard InChI is InChI=1S/C7H9/c1-2-7-4-3-6(1)5-7/h1-3,6-7H,4-5H2/t6?,7-/m0/s1. The van der Waals surface area contributed by atoms with Crippen LogP contribution in [0.5, 0.6) is 0 Å². The lowest BCUT2D eigenvalue weighted by molar-refractivity contribution is 0.693. The molecule has 0 spiro atoms. The summed E-state index contributed by atoms with van der Waals surface area (Å²) < 4.78 is 0. The van der Waals surface area contributed by atoms with Crippen LogP contribution in [-0.4, -0.2) is 0 Å². The Kier molecular flexibility index (Phi) is 0.592. The van der Waals surface area contributed by atoms with Gasteiger partial charge < -0.3 is 0 Å². The number of allylic oxidation sites excluding steroid dienone is 2. The Morgan fingerprint density at radius 2 is 2.29 bits per heavy atom. The first-order valence-electron chi connectivity index (χ1n) is 2.97. The molecule has 0 heteroatoms. The molecule has 0 aliphatic heterocycles. The molecule has 0 amide bonds. The number of hydrogen-bond acceptors (Lipinski definition) is 0. The van der Waals surface area contributed by atoms with Gasteiger partial charge in [-0.25, -0.2) is 0 Å². The third-order valence-corrected chi connectivity index (χ3v) is 1.95. The van der Waals surface area contributed by atoms with Gasteiger partial charge in [0.05, 0.1) is 0 Å². The Bertz CT molecular complexity index is 90.6. The Balaban J connectivity index is 2.27. The van der Waals surface area contributed by atoms with Crippen molar-refractivity contribution in [1.82, 2.24) is 0 Å². The van der Waals surface area contributed by atoms with E-state index in [0.29, 0.717) is 0 Å². The van der Waals surface area contributed by atoms with E-state index in [9.17, 15) is 0 Å². The highest BCUT2D eigenvalue weighted by Gasteiger charge is 2.25. The lowest BCUT2D eigenvalue weighted by Crippen LogP contribution is -1.83. The molecule has 2 bridgehead atoms. The fourth-order valence-electron chi connectivity index (χ4n) is 1.51. The van der Waals surface area contributed by atoms with Gasteiger partial charge in [0.1, 0.15) is 0 Å². The first kappa shape index (κ1) is 3.71. The summed E-state index contributed by atoms with van der Waals surface area (Å²) in [6.45, 7) is 0. The second-order valence-electron chi connectivity index (χ2n) is 2.52. The molecule has 1 radical (unpaired) electrons. The fourth-order valence-corrected chi connectivity index (χ4v) is 1.51. The Hall–Kier alpha value is -0.260. The average Bonchev–Trinajstić information content (AvgIpc) is 2.22. The van der Waals surface area contributed by atoms with E-state index in [-0.39, 0.29) is 0 Å². The summed E-state index contributed by atoms with van der Waals surface area (Å²) in [6, 6.07) is 0. The van der Waals surface area contributed by atoms with Crippen molar-refractivity contribution in [3.63, 3.8) is 0 Å². The van der Waals surface area contributed by atoms with Crippen LogP contribution in [0, 0.1) is 18.3 Å². The van der Waals surface area contributed by atoms with Crippen molar-refractivity contribution in [3.8, 4) is 0 Å². The zero-order chi connectivity index (χ0) is 4.69. The molecule has 0 aromatic heterocycles. The van der Waals surface area contributed by atoms with Gasteiger partial charge >= 0.3 is 0 Å². The molecule has 0 heterocycles. The highest BCUT2D eigenvalue weighted by atomic mass is 14.3. The Morgan fingerprint density at radius 3 is 2.43 bits per heavy atom. The van der Waals surface area contributed by atoms with Crippen molar-refractivity contribution in [2.75, 3.05) is 0 Å². The van der Waals surface area contributed by atoms with Gasteiger partial charge in [0.2, 0.25) is 0 Å². The molecule has 0 saturated heterocycles. The first-order valence-corrected chi connectivity index (χ1v) is 2.97. The van der Waals surface area contributed by atoms with Crippen LogP contribution in [0.15, 0.2) is 12.2 Å². The molecule has 37 valence electrons. The van der Waals surface area contributed by atoms with Gasteiger partial charge in [0, 0.05) is 0 Å². The molecular weight excluding hydrogens is 84.1 g/mol.